The van der Waals surface area contributed by atoms with Gasteiger partial charge in [-0.15, -0.1) is 0 Å². The van der Waals surface area contributed by atoms with Crippen LogP contribution in [0.15, 0.2) is 24.3 Å². The van der Waals surface area contributed by atoms with E-state index in [1.165, 1.54) is 0 Å². The first-order chi connectivity index (χ1) is 15.3. The van der Waals surface area contributed by atoms with Gasteiger partial charge in [0.1, 0.15) is 6.04 Å². The van der Waals surface area contributed by atoms with Gasteiger partial charge in [0, 0.05) is 25.2 Å². The van der Waals surface area contributed by atoms with Crippen molar-refractivity contribution in [3.05, 3.63) is 35.4 Å². The molecule has 0 aromatic heterocycles. The van der Waals surface area contributed by atoms with Gasteiger partial charge in [-0.1, -0.05) is 12.1 Å². The molecule has 3 heterocycles. The van der Waals surface area contributed by atoms with Crippen LogP contribution in [-0.2, 0) is 9.59 Å². The molecule has 3 N–H and O–H groups in total. The van der Waals surface area contributed by atoms with Crippen LogP contribution in [0.2, 0.25) is 0 Å². The summed E-state index contributed by atoms with van der Waals surface area (Å²) in [5.41, 5.74) is 7.37. The molecule has 4 aliphatic rings. The number of carboxylic acid groups (broad SMARTS) is 1. The zero-order chi connectivity index (χ0) is 22.7. The normalized spacial score (nSPS) is 32.5. The molecule has 1 unspecified atom stereocenters. The minimum atomic E-state index is -0.978. The van der Waals surface area contributed by atoms with Crippen molar-refractivity contribution in [3.8, 4) is 6.07 Å². The average Bonchev–Trinajstić information content (AvgIpc) is 3.11. The fraction of sp³-hybridized carbons (Fsp3) is 0.565. The summed E-state index contributed by atoms with van der Waals surface area (Å²) >= 11 is 0. The predicted octanol–water partition coefficient (Wildman–Crippen LogP) is 0.571. The topological polar surface area (TPSA) is 131 Å². The molecule has 1 aliphatic carbocycles. The van der Waals surface area contributed by atoms with Crippen LogP contribution >= 0.6 is 0 Å². The number of carbonyl (C=O) groups is 3. The Balaban J connectivity index is 1.22. The van der Waals surface area contributed by atoms with Crippen molar-refractivity contribution in [2.75, 3.05) is 13.1 Å². The lowest BCUT2D eigenvalue weighted by molar-refractivity contribution is -0.141. The number of likely N-dealkylation sites (tertiary alicyclic amines) is 3. The third kappa shape index (κ3) is 3.26. The first kappa shape index (κ1) is 20.9. The number of aromatic carboxylic acids is 1. The lowest BCUT2D eigenvalue weighted by Gasteiger charge is -2.38. The van der Waals surface area contributed by atoms with Gasteiger partial charge in [-0.3, -0.25) is 14.5 Å². The summed E-state index contributed by atoms with van der Waals surface area (Å²) in [4.78, 5) is 42.7. The van der Waals surface area contributed by atoms with E-state index in [-0.39, 0.29) is 47.6 Å². The van der Waals surface area contributed by atoms with Crippen LogP contribution in [0.5, 0.6) is 0 Å². The van der Waals surface area contributed by atoms with Gasteiger partial charge in [-0.2, -0.15) is 5.26 Å². The maximum atomic E-state index is 13.1. The molecule has 32 heavy (non-hydrogen) atoms. The second-order valence-corrected chi connectivity index (χ2v) is 9.50. The molecule has 4 fully saturated rings. The molecule has 168 valence electrons. The molecule has 0 spiro atoms. The van der Waals surface area contributed by atoms with E-state index < -0.39 is 12.0 Å². The van der Waals surface area contributed by atoms with Crippen LogP contribution in [0.4, 0.5) is 0 Å². The molecule has 0 radical (unpaired) electrons. The van der Waals surface area contributed by atoms with Crippen LogP contribution in [0.25, 0.3) is 0 Å². The second kappa shape index (κ2) is 7.57. The standard InChI is InChI=1S/C23H27N5O4/c1-12(13-2-4-14(5-3-13)23(31)32)27-17-8-20(22(27)30)26(10-17)11-18(25)21(29)28-16(9-24)6-15-7-19(15)28/h2-5,12,15-20H,6-8,10-11,25H2,1H3,(H,31,32)/t12-,15-,16+,17-,18+,19?,20-/m1/s1. The number of amides is 2. The summed E-state index contributed by atoms with van der Waals surface area (Å²) in [5, 5.41) is 18.4. The fourth-order valence-electron chi connectivity index (χ4n) is 5.87. The van der Waals surface area contributed by atoms with Gasteiger partial charge < -0.3 is 20.6 Å². The molecule has 9 nitrogen and oxygen atoms in total. The molecule has 7 atom stereocenters. The minimum Gasteiger partial charge on any atom is -0.478 e. The Labute approximate surface area is 186 Å². The molecule has 1 saturated carbocycles. The minimum absolute atomic E-state index is 0.0223. The molecule has 1 aromatic rings. The Morgan fingerprint density at radius 2 is 1.97 bits per heavy atom. The number of carboxylic acids is 1. The molecule has 3 aliphatic heterocycles. The molecule has 5 rings (SSSR count). The highest BCUT2D eigenvalue weighted by Crippen LogP contribution is 2.48. The Morgan fingerprint density at radius 3 is 2.59 bits per heavy atom. The summed E-state index contributed by atoms with van der Waals surface area (Å²) in [7, 11) is 0. The van der Waals surface area contributed by atoms with Crippen LogP contribution in [0, 0.1) is 17.2 Å². The maximum absolute atomic E-state index is 13.1. The highest BCUT2D eigenvalue weighted by Gasteiger charge is 2.56. The fourth-order valence-corrected chi connectivity index (χ4v) is 5.87. The molecule has 2 bridgehead atoms. The highest BCUT2D eigenvalue weighted by molar-refractivity contribution is 5.88. The number of hydrogen-bond acceptors (Lipinski definition) is 6. The van der Waals surface area contributed by atoms with Crippen molar-refractivity contribution in [1.82, 2.24) is 14.7 Å². The van der Waals surface area contributed by atoms with Crippen molar-refractivity contribution >= 4 is 17.8 Å². The van der Waals surface area contributed by atoms with Crippen LogP contribution < -0.4 is 5.73 Å². The van der Waals surface area contributed by atoms with Gasteiger partial charge in [0.05, 0.1) is 29.8 Å². The zero-order valence-electron chi connectivity index (χ0n) is 17.9. The Morgan fingerprint density at radius 1 is 1.25 bits per heavy atom. The van der Waals surface area contributed by atoms with Crippen LogP contribution in [0.3, 0.4) is 0 Å². The SMILES string of the molecule is C[C@H](c1ccc(C(=O)O)cc1)N1C(=O)[C@H]2C[C@@H]1CN2C[C@H](N)C(=O)N1C2C[C@H]2C[C@H]1C#N. The number of fused-ring (bicyclic) bond motifs is 3. The number of benzene rings is 1. The first-order valence-electron chi connectivity index (χ1n) is 11.2. The number of nitrogens with zero attached hydrogens (tertiary/aromatic N) is 4. The van der Waals surface area contributed by atoms with E-state index in [1.54, 1.807) is 29.2 Å². The summed E-state index contributed by atoms with van der Waals surface area (Å²) in [6, 6.07) is 7.48. The Kier molecular flexibility index (Phi) is 4.95. The first-order valence-corrected chi connectivity index (χ1v) is 11.2. The molecule has 9 heteroatoms. The number of hydrogen-bond donors (Lipinski definition) is 2. The number of carbonyl (C=O) groups excluding carboxylic acids is 2. The predicted molar refractivity (Wildman–Crippen MR) is 113 cm³/mol. The lowest BCUT2D eigenvalue weighted by Crippen LogP contribution is -2.57. The monoisotopic (exact) mass is 437 g/mol. The van der Waals surface area contributed by atoms with Gasteiger partial charge in [0.25, 0.3) is 0 Å². The number of rotatable bonds is 6. The van der Waals surface area contributed by atoms with Crippen molar-refractivity contribution in [2.24, 2.45) is 11.7 Å². The van der Waals surface area contributed by atoms with Crippen LogP contribution in [0.1, 0.15) is 48.1 Å². The number of nitrogens with two attached hydrogens (primary N) is 1. The lowest BCUT2D eigenvalue weighted by atomic mass is 10.0. The van der Waals surface area contributed by atoms with Crippen LogP contribution in [-0.4, -0.2) is 80.9 Å². The number of piperazine rings is 1. The van der Waals surface area contributed by atoms with Gasteiger partial charge >= 0.3 is 5.97 Å². The third-order valence-corrected chi connectivity index (χ3v) is 7.63. The Bertz CT molecular complexity index is 1000. The van der Waals surface area contributed by atoms with E-state index in [1.807, 2.05) is 16.7 Å². The maximum Gasteiger partial charge on any atom is 0.335 e. The smallest absolute Gasteiger partial charge is 0.335 e. The summed E-state index contributed by atoms with van der Waals surface area (Å²) in [6.07, 6.45) is 2.41. The van der Waals surface area contributed by atoms with Crippen molar-refractivity contribution in [1.29, 1.82) is 5.26 Å². The van der Waals surface area contributed by atoms with Gasteiger partial charge in [0.2, 0.25) is 11.8 Å². The van der Waals surface area contributed by atoms with E-state index in [4.69, 9.17) is 10.8 Å². The van der Waals surface area contributed by atoms with E-state index in [0.29, 0.717) is 25.4 Å². The summed E-state index contributed by atoms with van der Waals surface area (Å²) < 4.78 is 0. The largest absolute Gasteiger partial charge is 0.478 e. The van der Waals surface area contributed by atoms with E-state index in [2.05, 4.69) is 6.07 Å². The number of piperidine rings is 1. The van der Waals surface area contributed by atoms with E-state index >= 15 is 0 Å². The van der Waals surface area contributed by atoms with Gasteiger partial charge in [-0.05, 0) is 49.8 Å². The quantitative estimate of drug-likeness (QED) is 0.665. The molecular formula is C23H27N5O4. The summed E-state index contributed by atoms with van der Waals surface area (Å²) in [6.45, 7) is 2.92. The second-order valence-electron chi connectivity index (χ2n) is 9.50. The molecular weight excluding hydrogens is 410 g/mol. The van der Waals surface area contributed by atoms with Crippen molar-refractivity contribution in [2.45, 2.75) is 62.4 Å². The third-order valence-electron chi connectivity index (χ3n) is 7.63. The highest BCUT2D eigenvalue weighted by atomic mass is 16.4. The van der Waals surface area contributed by atoms with E-state index in [9.17, 15) is 19.6 Å². The molecule has 3 saturated heterocycles. The summed E-state index contributed by atoms with van der Waals surface area (Å²) in [5.74, 6) is -0.691. The molecule has 1 aromatic carbocycles. The zero-order valence-corrected chi connectivity index (χ0v) is 17.9. The van der Waals surface area contributed by atoms with Gasteiger partial charge in [-0.25, -0.2) is 4.79 Å². The van der Waals surface area contributed by atoms with Gasteiger partial charge in [0.15, 0.2) is 0 Å². The Hall–Kier alpha value is -2.96. The van der Waals surface area contributed by atoms with Crippen molar-refractivity contribution in [3.63, 3.8) is 0 Å². The van der Waals surface area contributed by atoms with Crippen molar-refractivity contribution < 1.29 is 19.5 Å². The molecule has 2 amide bonds. The average molecular weight is 438 g/mol. The number of nitriles is 1. The van der Waals surface area contributed by atoms with E-state index in [0.717, 1.165) is 18.4 Å².